The Kier molecular flexibility index (Phi) is 3.28. The summed E-state index contributed by atoms with van der Waals surface area (Å²) >= 11 is 3.61. The van der Waals surface area contributed by atoms with Gasteiger partial charge in [-0.25, -0.2) is 4.98 Å². The zero-order valence-electron chi connectivity index (χ0n) is 13.4. The molecule has 1 aromatic carbocycles. The molecule has 0 aliphatic heterocycles. The molecule has 26 heavy (non-hydrogen) atoms. The molecule has 0 amide bonds. The summed E-state index contributed by atoms with van der Waals surface area (Å²) in [6.07, 6.45) is -0.555. The number of hydrogen-bond acceptors (Lipinski definition) is 1. The SMILES string of the molecule is FC(F)(F)c1ccc2c(Br)c(C3CC3)n(-c3ccc4[nH]ccc4c3)c2n1. The molecule has 5 rings (SSSR count). The number of alkyl halides is 3. The van der Waals surface area contributed by atoms with Crippen molar-refractivity contribution in [3.63, 3.8) is 0 Å². The van der Waals surface area contributed by atoms with Gasteiger partial charge in [-0.05, 0) is 65.2 Å². The second-order valence-corrected chi connectivity index (χ2v) is 7.42. The van der Waals surface area contributed by atoms with E-state index in [-0.39, 0.29) is 0 Å². The van der Waals surface area contributed by atoms with Gasteiger partial charge in [0.25, 0.3) is 0 Å². The maximum Gasteiger partial charge on any atom is 0.433 e. The molecule has 0 radical (unpaired) electrons. The van der Waals surface area contributed by atoms with Crippen LogP contribution in [0.4, 0.5) is 13.2 Å². The Morgan fingerprint density at radius 3 is 2.65 bits per heavy atom. The number of halogens is 4. The van der Waals surface area contributed by atoms with Gasteiger partial charge in [-0.15, -0.1) is 0 Å². The van der Waals surface area contributed by atoms with Crippen LogP contribution in [0.25, 0.3) is 27.6 Å². The van der Waals surface area contributed by atoms with Crippen molar-refractivity contribution in [2.45, 2.75) is 24.9 Å². The van der Waals surface area contributed by atoms with Gasteiger partial charge in [-0.1, -0.05) is 0 Å². The average molecular weight is 420 g/mol. The van der Waals surface area contributed by atoms with Crippen LogP contribution in [0.1, 0.15) is 30.1 Å². The van der Waals surface area contributed by atoms with Crippen molar-refractivity contribution in [2.24, 2.45) is 0 Å². The van der Waals surface area contributed by atoms with Crippen LogP contribution in [-0.4, -0.2) is 14.5 Å². The zero-order chi connectivity index (χ0) is 18.1. The summed E-state index contributed by atoms with van der Waals surface area (Å²) in [4.78, 5) is 7.12. The second-order valence-electron chi connectivity index (χ2n) is 6.62. The lowest BCUT2D eigenvalue weighted by Gasteiger charge is -2.12. The topological polar surface area (TPSA) is 33.6 Å². The van der Waals surface area contributed by atoms with E-state index >= 15 is 0 Å². The lowest BCUT2D eigenvalue weighted by Crippen LogP contribution is -2.09. The minimum absolute atomic E-state index is 0.337. The lowest BCUT2D eigenvalue weighted by molar-refractivity contribution is -0.141. The van der Waals surface area contributed by atoms with Gasteiger partial charge in [0.1, 0.15) is 11.3 Å². The number of benzene rings is 1. The number of nitrogens with zero attached hydrogens (tertiary/aromatic N) is 2. The minimum Gasteiger partial charge on any atom is -0.361 e. The number of fused-ring (bicyclic) bond motifs is 2. The van der Waals surface area contributed by atoms with Crippen LogP contribution >= 0.6 is 15.9 Å². The quantitative estimate of drug-likeness (QED) is 0.414. The standard InChI is InChI=1S/C19H13BrF3N3/c20-16-13-4-6-15(19(21,22)23)25-18(13)26(17(16)10-1-2-10)12-3-5-14-11(9-12)7-8-24-14/h3-10,24H,1-2H2. The fourth-order valence-electron chi connectivity index (χ4n) is 3.46. The molecule has 3 heterocycles. The van der Waals surface area contributed by atoms with Crippen LogP contribution in [0, 0.1) is 0 Å². The first-order chi connectivity index (χ1) is 12.4. The molecule has 3 nitrogen and oxygen atoms in total. The Labute approximate surface area is 155 Å². The maximum absolute atomic E-state index is 13.2. The first kappa shape index (κ1) is 15.9. The fourth-order valence-corrected chi connectivity index (χ4v) is 4.27. The zero-order valence-corrected chi connectivity index (χ0v) is 15.0. The van der Waals surface area contributed by atoms with Crippen LogP contribution < -0.4 is 0 Å². The monoisotopic (exact) mass is 419 g/mol. The summed E-state index contributed by atoms with van der Waals surface area (Å²) in [6, 6.07) is 10.3. The summed E-state index contributed by atoms with van der Waals surface area (Å²) in [5.74, 6) is 0.342. The normalized spacial score (nSPS) is 15.2. The van der Waals surface area contributed by atoms with Gasteiger partial charge in [-0.3, -0.25) is 4.57 Å². The molecule has 0 saturated heterocycles. The van der Waals surface area contributed by atoms with Gasteiger partial charge in [-0.2, -0.15) is 13.2 Å². The third-order valence-corrected chi connectivity index (χ3v) is 5.67. The van der Waals surface area contributed by atoms with E-state index in [0.29, 0.717) is 17.0 Å². The van der Waals surface area contributed by atoms with Gasteiger partial charge in [0.15, 0.2) is 0 Å². The highest BCUT2D eigenvalue weighted by Crippen LogP contribution is 2.48. The molecular weight excluding hydrogens is 407 g/mol. The van der Waals surface area contributed by atoms with E-state index in [2.05, 4.69) is 25.9 Å². The van der Waals surface area contributed by atoms with Gasteiger partial charge in [0.2, 0.25) is 0 Å². The van der Waals surface area contributed by atoms with Crippen molar-refractivity contribution in [3.8, 4) is 5.69 Å². The van der Waals surface area contributed by atoms with Crippen molar-refractivity contribution < 1.29 is 13.2 Å². The Bertz CT molecular complexity index is 1150. The average Bonchev–Trinajstić information content (AvgIpc) is 3.25. The maximum atomic E-state index is 13.2. The number of aromatic amines is 1. The molecule has 1 saturated carbocycles. The molecule has 132 valence electrons. The summed E-state index contributed by atoms with van der Waals surface area (Å²) in [5, 5.41) is 1.71. The van der Waals surface area contributed by atoms with Crippen LogP contribution in [-0.2, 0) is 6.18 Å². The van der Waals surface area contributed by atoms with Gasteiger partial charge in [0.05, 0.1) is 0 Å². The number of rotatable bonds is 2. The summed E-state index contributed by atoms with van der Waals surface area (Å²) in [5.41, 5.74) is 2.27. The van der Waals surface area contributed by atoms with Crippen LogP contribution in [0.15, 0.2) is 47.1 Å². The van der Waals surface area contributed by atoms with Crippen LogP contribution in [0.2, 0.25) is 0 Å². The molecule has 3 aromatic heterocycles. The highest BCUT2D eigenvalue weighted by molar-refractivity contribution is 9.10. The molecule has 1 aliphatic rings. The molecule has 0 unspecified atom stereocenters. The highest BCUT2D eigenvalue weighted by Gasteiger charge is 2.36. The number of aromatic nitrogens is 3. The van der Waals surface area contributed by atoms with E-state index in [9.17, 15) is 13.2 Å². The number of pyridine rings is 1. The van der Waals surface area contributed by atoms with Crippen LogP contribution in [0.3, 0.4) is 0 Å². The minimum atomic E-state index is -4.47. The molecule has 1 aliphatic carbocycles. The number of H-pyrrole nitrogens is 1. The largest absolute Gasteiger partial charge is 0.433 e. The summed E-state index contributed by atoms with van der Waals surface area (Å²) in [6.45, 7) is 0. The molecule has 0 spiro atoms. The van der Waals surface area contributed by atoms with Crippen molar-refractivity contribution in [1.29, 1.82) is 0 Å². The van der Waals surface area contributed by atoms with Gasteiger partial charge < -0.3 is 4.98 Å². The molecule has 4 aromatic rings. The summed E-state index contributed by atoms with van der Waals surface area (Å²) < 4.78 is 42.3. The van der Waals surface area contributed by atoms with E-state index in [1.54, 1.807) is 0 Å². The van der Waals surface area contributed by atoms with Crippen molar-refractivity contribution in [3.05, 3.63) is 58.5 Å². The second kappa shape index (κ2) is 5.36. The van der Waals surface area contributed by atoms with Crippen LogP contribution in [0.5, 0.6) is 0 Å². The van der Waals surface area contributed by atoms with Crippen molar-refractivity contribution in [2.75, 3.05) is 0 Å². The Morgan fingerprint density at radius 1 is 1.12 bits per heavy atom. The Hall–Kier alpha value is -2.28. The molecular formula is C19H13BrF3N3. The van der Waals surface area contributed by atoms with Crippen molar-refractivity contribution in [1.82, 2.24) is 14.5 Å². The first-order valence-corrected chi connectivity index (χ1v) is 9.08. The Balaban J connectivity index is 1.84. The molecule has 7 heteroatoms. The van der Waals surface area contributed by atoms with Gasteiger partial charge in [0, 0.05) is 44.3 Å². The number of hydrogen-bond donors (Lipinski definition) is 1. The summed E-state index contributed by atoms with van der Waals surface area (Å²) in [7, 11) is 0. The lowest BCUT2D eigenvalue weighted by atomic mass is 10.2. The van der Waals surface area contributed by atoms with E-state index in [1.807, 2.05) is 35.0 Å². The first-order valence-electron chi connectivity index (χ1n) is 8.29. The molecule has 1 fully saturated rings. The van der Waals surface area contributed by atoms with Crippen molar-refractivity contribution >= 4 is 37.9 Å². The predicted octanol–water partition coefficient (Wildman–Crippen LogP) is 6.17. The predicted molar refractivity (Wildman–Crippen MR) is 97.6 cm³/mol. The highest BCUT2D eigenvalue weighted by atomic mass is 79.9. The van der Waals surface area contributed by atoms with E-state index in [1.165, 1.54) is 6.07 Å². The van der Waals surface area contributed by atoms with E-state index < -0.39 is 11.9 Å². The van der Waals surface area contributed by atoms with E-state index in [0.717, 1.165) is 45.7 Å². The third-order valence-electron chi connectivity index (χ3n) is 4.84. The molecule has 0 atom stereocenters. The van der Waals surface area contributed by atoms with E-state index in [4.69, 9.17) is 0 Å². The molecule has 0 bridgehead atoms. The fraction of sp³-hybridized carbons (Fsp3) is 0.211. The van der Waals surface area contributed by atoms with Gasteiger partial charge >= 0.3 is 6.18 Å². The smallest absolute Gasteiger partial charge is 0.361 e. The molecule has 1 N–H and O–H groups in total. The number of nitrogens with one attached hydrogen (secondary N) is 1. The third kappa shape index (κ3) is 2.37. The Morgan fingerprint density at radius 2 is 1.92 bits per heavy atom.